The van der Waals surface area contributed by atoms with Gasteiger partial charge in [0.15, 0.2) is 5.96 Å². The monoisotopic (exact) mass is 351 g/mol. The topological polar surface area (TPSA) is 42.9 Å². The van der Waals surface area contributed by atoms with Crippen LogP contribution in [-0.2, 0) is 0 Å². The van der Waals surface area contributed by atoms with Gasteiger partial charge in [-0.05, 0) is 77.5 Å². The molecule has 0 amide bonds. The number of aliphatic imine (C=N–C) groups is 1. The molecule has 1 atom stereocenters. The highest BCUT2D eigenvalue weighted by atomic mass is 15.2. The lowest BCUT2D eigenvalue weighted by Gasteiger charge is -2.33. The second kappa shape index (κ2) is 11.7. The molecule has 2 aliphatic rings. The SMILES string of the molecule is CCN1CCC(CCNC(=NC)NCCCN2CCCCC2C)CC1. The van der Waals surface area contributed by atoms with Gasteiger partial charge in [0.1, 0.15) is 0 Å². The van der Waals surface area contributed by atoms with E-state index in [9.17, 15) is 0 Å². The largest absolute Gasteiger partial charge is 0.356 e. The third-order valence-electron chi connectivity index (χ3n) is 6.08. The van der Waals surface area contributed by atoms with E-state index in [1.807, 2.05) is 7.05 Å². The van der Waals surface area contributed by atoms with Crippen molar-refractivity contribution in [3.05, 3.63) is 0 Å². The van der Waals surface area contributed by atoms with Crippen LogP contribution in [0.1, 0.15) is 58.8 Å². The third-order valence-corrected chi connectivity index (χ3v) is 6.08. The van der Waals surface area contributed by atoms with Crippen LogP contribution >= 0.6 is 0 Å². The van der Waals surface area contributed by atoms with Crippen molar-refractivity contribution >= 4 is 5.96 Å². The summed E-state index contributed by atoms with van der Waals surface area (Å²) in [5.41, 5.74) is 0. The summed E-state index contributed by atoms with van der Waals surface area (Å²) in [6.07, 6.45) is 9.32. The van der Waals surface area contributed by atoms with E-state index in [0.29, 0.717) is 0 Å². The van der Waals surface area contributed by atoms with Crippen molar-refractivity contribution in [1.29, 1.82) is 0 Å². The molecule has 2 fully saturated rings. The molecule has 0 radical (unpaired) electrons. The maximum atomic E-state index is 4.37. The Hall–Kier alpha value is -0.810. The van der Waals surface area contributed by atoms with Crippen molar-refractivity contribution in [2.75, 3.05) is 52.9 Å². The van der Waals surface area contributed by atoms with Gasteiger partial charge in [-0.15, -0.1) is 0 Å². The molecule has 2 heterocycles. The van der Waals surface area contributed by atoms with E-state index < -0.39 is 0 Å². The first-order chi connectivity index (χ1) is 12.2. The summed E-state index contributed by atoms with van der Waals surface area (Å²) in [4.78, 5) is 9.57. The van der Waals surface area contributed by atoms with E-state index in [2.05, 4.69) is 39.3 Å². The van der Waals surface area contributed by atoms with Crippen LogP contribution < -0.4 is 10.6 Å². The zero-order valence-electron chi connectivity index (χ0n) is 16.9. The fourth-order valence-corrected chi connectivity index (χ4v) is 4.19. The summed E-state index contributed by atoms with van der Waals surface area (Å²) in [6.45, 7) is 13.0. The van der Waals surface area contributed by atoms with E-state index in [1.54, 1.807) is 0 Å². The van der Waals surface area contributed by atoms with E-state index in [-0.39, 0.29) is 0 Å². The Morgan fingerprint density at radius 3 is 2.48 bits per heavy atom. The molecule has 2 N–H and O–H groups in total. The van der Waals surface area contributed by atoms with Gasteiger partial charge < -0.3 is 20.4 Å². The fraction of sp³-hybridized carbons (Fsp3) is 0.950. The first-order valence-electron chi connectivity index (χ1n) is 10.6. The van der Waals surface area contributed by atoms with Gasteiger partial charge in [0, 0.05) is 32.7 Å². The van der Waals surface area contributed by atoms with Crippen LogP contribution in [0.3, 0.4) is 0 Å². The Morgan fingerprint density at radius 1 is 1.04 bits per heavy atom. The number of hydrogen-bond donors (Lipinski definition) is 2. The molecule has 146 valence electrons. The number of guanidine groups is 1. The van der Waals surface area contributed by atoms with Gasteiger partial charge in [0.25, 0.3) is 0 Å². The van der Waals surface area contributed by atoms with E-state index >= 15 is 0 Å². The van der Waals surface area contributed by atoms with Crippen LogP contribution in [0.5, 0.6) is 0 Å². The Bertz CT molecular complexity index is 376. The highest BCUT2D eigenvalue weighted by Gasteiger charge is 2.18. The van der Waals surface area contributed by atoms with Gasteiger partial charge >= 0.3 is 0 Å². The number of nitrogens with one attached hydrogen (secondary N) is 2. The lowest BCUT2D eigenvalue weighted by Crippen LogP contribution is -2.42. The second-order valence-electron chi connectivity index (χ2n) is 7.83. The molecule has 0 spiro atoms. The van der Waals surface area contributed by atoms with Crippen molar-refractivity contribution in [2.24, 2.45) is 10.9 Å². The number of rotatable bonds is 8. The molecule has 0 aromatic carbocycles. The first-order valence-corrected chi connectivity index (χ1v) is 10.6. The van der Waals surface area contributed by atoms with Crippen LogP contribution in [0, 0.1) is 5.92 Å². The summed E-state index contributed by atoms with van der Waals surface area (Å²) < 4.78 is 0. The maximum absolute atomic E-state index is 4.37. The predicted molar refractivity (Wildman–Crippen MR) is 108 cm³/mol. The molecule has 5 heteroatoms. The van der Waals surface area contributed by atoms with Crippen molar-refractivity contribution in [3.63, 3.8) is 0 Å². The molecular formula is C20H41N5. The third kappa shape index (κ3) is 7.53. The molecule has 2 rings (SSSR count). The van der Waals surface area contributed by atoms with Crippen molar-refractivity contribution in [3.8, 4) is 0 Å². The van der Waals surface area contributed by atoms with Crippen molar-refractivity contribution < 1.29 is 0 Å². The predicted octanol–water partition coefficient (Wildman–Crippen LogP) is 2.54. The second-order valence-corrected chi connectivity index (χ2v) is 7.83. The number of hydrogen-bond acceptors (Lipinski definition) is 3. The first kappa shape index (κ1) is 20.5. The fourth-order valence-electron chi connectivity index (χ4n) is 4.19. The van der Waals surface area contributed by atoms with Crippen LogP contribution in [-0.4, -0.2) is 74.7 Å². The molecule has 25 heavy (non-hydrogen) atoms. The molecule has 2 saturated heterocycles. The normalized spacial score (nSPS) is 24.4. The average molecular weight is 352 g/mol. The zero-order chi connectivity index (χ0) is 17.9. The molecule has 2 aliphatic heterocycles. The smallest absolute Gasteiger partial charge is 0.190 e. The molecule has 0 aromatic rings. The highest BCUT2D eigenvalue weighted by Crippen LogP contribution is 2.19. The Kier molecular flexibility index (Phi) is 9.63. The quantitative estimate of drug-likeness (QED) is 0.401. The molecule has 0 bridgehead atoms. The van der Waals surface area contributed by atoms with E-state index in [4.69, 9.17) is 0 Å². The molecule has 0 aromatic heterocycles. The molecule has 0 aliphatic carbocycles. The summed E-state index contributed by atoms with van der Waals surface area (Å²) in [5.74, 6) is 1.85. The van der Waals surface area contributed by atoms with Gasteiger partial charge in [-0.25, -0.2) is 0 Å². The van der Waals surface area contributed by atoms with E-state index in [1.165, 1.54) is 77.7 Å². The zero-order valence-corrected chi connectivity index (χ0v) is 16.9. The van der Waals surface area contributed by atoms with Crippen LogP contribution in [0.4, 0.5) is 0 Å². The molecule has 5 nitrogen and oxygen atoms in total. The minimum absolute atomic E-state index is 0.769. The average Bonchev–Trinajstić information content (AvgIpc) is 2.65. The Morgan fingerprint density at radius 2 is 1.80 bits per heavy atom. The minimum atomic E-state index is 0.769. The van der Waals surface area contributed by atoms with Crippen LogP contribution in [0.2, 0.25) is 0 Å². The van der Waals surface area contributed by atoms with Crippen LogP contribution in [0.25, 0.3) is 0 Å². The molecule has 1 unspecified atom stereocenters. The molecule has 0 saturated carbocycles. The minimum Gasteiger partial charge on any atom is -0.356 e. The number of likely N-dealkylation sites (tertiary alicyclic amines) is 2. The lowest BCUT2D eigenvalue weighted by atomic mass is 9.93. The lowest BCUT2D eigenvalue weighted by molar-refractivity contribution is 0.159. The van der Waals surface area contributed by atoms with E-state index in [0.717, 1.165) is 31.0 Å². The standard InChI is InChI=1S/C20H41N5/c1-4-24-16-10-19(11-17-24)9-13-23-20(21-3)22-12-7-15-25-14-6-5-8-18(25)2/h18-19H,4-17H2,1-3H3,(H2,21,22,23). The summed E-state index contributed by atoms with van der Waals surface area (Å²) in [6, 6.07) is 0.769. The van der Waals surface area contributed by atoms with Crippen molar-refractivity contribution in [1.82, 2.24) is 20.4 Å². The van der Waals surface area contributed by atoms with Gasteiger partial charge in [-0.1, -0.05) is 13.3 Å². The number of nitrogens with zero attached hydrogens (tertiary/aromatic N) is 3. The van der Waals surface area contributed by atoms with Crippen LogP contribution in [0.15, 0.2) is 4.99 Å². The van der Waals surface area contributed by atoms with Gasteiger partial charge in [0.05, 0.1) is 0 Å². The summed E-state index contributed by atoms with van der Waals surface area (Å²) >= 11 is 0. The van der Waals surface area contributed by atoms with Gasteiger partial charge in [-0.2, -0.15) is 0 Å². The van der Waals surface area contributed by atoms with Gasteiger partial charge in [0.2, 0.25) is 0 Å². The Labute approximate surface area is 155 Å². The maximum Gasteiger partial charge on any atom is 0.190 e. The molecular weight excluding hydrogens is 310 g/mol. The summed E-state index contributed by atoms with van der Waals surface area (Å²) in [5, 5.41) is 6.98. The highest BCUT2D eigenvalue weighted by molar-refractivity contribution is 5.79. The van der Waals surface area contributed by atoms with Crippen molar-refractivity contribution in [2.45, 2.75) is 64.8 Å². The summed E-state index contributed by atoms with van der Waals surface area (Å²) in [7, 11) is 1.88. The van der Waals surface area contributed by atoms with Gasteiger partial charge in [-0.3, -0.25) is 4.99 Å². The number of piperidine rings is 2. The Balaban J connectivity index is 1.52.